The number of hydrogen-bond donors (Lipinski definition) is 0. The van der Waals surface area contributed by atoms with Crippen LogP contribution in [0.15, 0.2) is 23.8 Å². The number of Topliss-reactive ketones (excluding diaryl/α,β-unsaturated/α-hetero) is 1. The molecule has 2 aliphatic heterocycles. The van der Waals surface area contributed by atoms with E-state index in [1.54, 1.807) is 13.0 Å². The molecule has 2 aliphatic rings. The van der Waals surface area contributed by atoms with Crippen molar-refractivity contribution in [3.8, 4) is 0 Å². The van der Waals surface area contributed by atoms with Gasteiger partial charge in [-0.25, -0.2) is 0 Å². The number of carbonyl (C=O) groups excluding carboxylic acids is 3. The van der Waals surface area contributed by atoms with Crippen LogP contribution >= 0.6 is 11.8 Å². The van der Waals surface area contributed by atoms with Crippen molar-refractivity contribution < 1.29 is 23.9 Å². The van der Waals surface area contributed by atoms with E-state index in [2.05, 4.69) is 26.8 Å². The van der Waals surface area contributed by atoms with E-state index in [1.807, 2.05) is 17.8 Å². The number of carbonyl (C=O) groups is 3. The molecule has 204 valence electrons. The molecule has 4 atom stereocenters. The maximum Gasteiger partial charge on any atom is 0.165 e. The third-order valence-electron chi connectivity index (χ3n) is 7.49. The number of thioether (sulfide) groups is 1. The minimum absolute atomic E-state index is 0.0551. The summed E-state index contributed by atoms with van der Waals surface area (Å²) in [6.45, 7) is 8.76. The first kappa shape index (κ1) is 31.0. The van der Waals surface area contributed by atoms with Gasteiger partial charge in [-0.1, -0.05) is 65.0 Å². The van der Waals surface area contributed by atoms with Gasteiger partial charge < -0.3 is 9.47 Å². The zero-order valence-corrected chi connectivity index (χ0v) is 23.8. The Labute approximate surface area is 223 Å². The van der Waals surface area contributed by atoms with Gasteiger partial charge in [0.05, 0.1) is 11.7 Å². The Morgan fingerprint density at radius 2 is 1.89 bits per heavy atom. The fourth-order valence-corrected chi connectivity index (χ4v) is 6.50. The molecule has 0 radical (unpaired) electrons. The lowest BCUT2D eigenvalue weighted by molar-refractivity contribution is -0.188. The van der Waals surface area contributed by atoms with E-state index in [9.17, 15) is 14.4 Å². The van der Waals surface area contributed by atoms with E-state index >= 15 is 0 Å². The number of hydrogen-bond acceptors (Lipinski definition) is 6. The Morgan fingerprint density at radius 3 is 2.56 bits per heavy atom. The molecule has 0 aromatic rings. The Morgan fingerprint density at radius 1 is 1.11 bits per heavy atom. The Kier molecular flexibility index (Phi) is 14.3. The van der Waals surface area contributed by atoms with Gasteiger partial charge >= 0.3 is 0 Å². The Hall–Kier alpha value is -1.24. The van der Waals surface area contributed by atoms with E-state index in [0.29, 0.717) is 18.0 Å². The highest BCUT2D eigenvalue weighted by Crippen LogP contribution is 2.40. The molecule has 0 spiro atoms. The first-order valence-electron chi connectivity index (χ1n) is 14.1. The normalized spacial score (nSPS) is 25.4. The van der Waals surface area contributed by atoms with Gasteiger partial charge in [0.2, 0.25) is 0 Å². The monoisotopic (exact) mass is 520 g/mol. The van der Waals surface area contributed by atoms with Gasteiger partial charge in [-0.3, -0.25) is 14.4 Å². The van der Waals surface area contributed by atoms with Gasteiger partial charge in [-0.05, 0) is 51.5 Å². The van der Waals surface area contributed by atoms with Crippen molar-refractivity contribution in [2.45, 2.75) is 122 Å². The third-order valence-corrected chi connectivity index (χ3v) is 8.99. The Balaban J connectivity index is 1.90. The molecule has 0 N–H and O–H groups in total. The molecular weight excluding hydrogens is 472 g/mol. The number of ether oxygens (including phenoxy) is 2. The van der Waals surface area contributed by atoms with Crippen LogP contribution in [0.2, 0.25) is 0 Å². The number of unbranched alkanes of at least 4 members (excludes halogenated alkanes) is 4. The molecule has 0 aromatic heterocycles. The lowest BCUT2D eigenvalue weighted by Crippen LogP contribution is -2.33. The third kappa shape index (κ3) is 10.3. The maximum atomic E-state index is 13.0. The first-order chi connectivity index (χ1) is 17.3. The standard InChI is InChI=1S/C30H48O5S/c1-5-7-19-30(3,4)28(33)18-17-24-26(35-29-16-12-13-20-34-29)22-36-27(24)15-11-9-8-10-14-25(32)23(6-2)21-31/h6,17-18,21,24,26-27,29H,5,7-16,19-20,22H2,1-4H3/b18-17+,23-6?. The average molecular weight is 521 g/mol. The van der Waals surface area contributed by atoms with E-state index in [1.165, 1.54) is 0 Å². The van der Waals surface area contributed by atoms with Crippen LogP contribution in [0.4, 0.5) is 0 Å². The Bertz CT molecular complexity index is 750. The largest absolute Gasteiger partial charge is 0.353 e. The van der Waals surface area contributed by atoms with Crippen LogP contribution < -0.4 is 0 Å². The lowest BCUT2D eigenvalue weighted by Gasteiger charge is -2.29. The average Bonchev–Trinajstić information content (AvgIpc) is 3.25. The van der Waals surface area contributed by atoms with E-state index in [4.69, 9.17) is 9.47 Å². The number of aldehydes is 1. The molecule has 0 amide bonds. The SMILES string of the molecule is CC=C(C=O)C(=O)CCCCCCC1SCC(OC2CCCCO2)C1/C=C/C(=O)C(C)(C)CCCC. The highest BCUT2D eigenvalue weighted by molar-refractivity contribution is 8.00. The van der Waals surface area contributed by atoms with Crippen molar-refractivity contribution in [2.24, 2.45) is 11.3 Å². The van der Waals surface area contributed by atoms with Crippen molar-refractivity contribution in [1.29, 1.82) is 0 Å². The first-order valence-corrected chi connectivity index (χ1v) is 15.1. The van der Waals surface area contributed by atoms with Gasteiger partial charge in [0.25, 0.3) is 0 Å². The second-order valence-corrected chi connectivity index (χ2v) is 12.1. The summed E-state index contributed by atoms with van der Waals surface area (Å²) < 4.78 is 12.3. The minimum Gasteiger partial charge on any atom is -0.353 e. The van der Waals surface area contributed by atoms with E-state index in [-0.39, 0.29) is 40.9 Å². The minimum atomic E-state index is -0.329. The topological polar surface area (TPSA) is 69.7 Å². The van der Waals surface area contributed by atoms with Gasteiger partial charge in [0, 0.05) is 35.4 Å². The highest BCUT2D eigenvalue weighted by atomic mass is 32.2. The number of allylic oxidation sites excluding steroid dienone is 3. The molecule has 0 bridgehead atoms. The number of ketones is 2. The molecule has 4 unspecified atom stereocenters. The molecule has 36 heavy (non-hydrogen) atoms. The molecule has 6 heteroatoms. The lowest BCUT2D eigenvalue weighted by atomic mass is 9.82. The second-order valence-electron chi connectivity index (χ2n) is 10.9. The van der Waals surface area contributed by atoms with Crippen molar-refractivity contribution in [2.75, 3.05) is 12.4 Å². The van der Waals surface area contributed by atoms with Gasteiger partial charge in [0.15, 0.2) is 24.1 Å². The number of rotatable bonds is 17. The summed E-state index contributed by atoms with van der Waals surface area (Å²) in [4.78, 5) is 35.9. The van der Waals surface area contributed by atoms with Gasteiger partial charge in [0.1, 0.15) is 0 Å². The quantitative estimate of drug-likeness (QED) is 0.0674. The second kappa shape index (κ2) is 16.6. The summed E-state index contributed by atoms with van der Waals surface area (Å²) >= 11 is 1.96. The molecule has 2 saturated heterocycles. The zero-order chi connectivity index (χ0) is 26.4. The molecule has 0 aromatic carbocycles. The van der Waals surface area contributed by atoms with Crippen molar-refractivity contribution in [3.63, 3.8) is 0 Å². The zero-order valence-electron chi connectivity index (χ0n) is 23.0. The molecule has 0 aliphatic carbocycles. The molecule has 5 nitrogen and oxygen atoms in total. The van der Waals surface area contributed by atoms with Crippen LogP contribution in [0.25, 0.3) is 0 Å². The smallest absolute Gasteiger partial charge is 0.165 e. The van der Waals surface area contributed by atoms with Crippen LogP contribution in [-0.4, -0.2) is 47.9 Å². The van der Waals surface area contributed by atoms with Crippen molar-refractivity contribution >= 4 is 29.6 Å². The van der Waals surface area contributed by atoms with Crippen LogP contribution in [-0.2, 0) is 23.9 Å². The van der Waals surface area contributed by atoms with Crippen molar-refractivity contribution in [3.05, 3.63) is 23.8 Å². The summed E-state index contributed by atoms with van der Waals surface area (Å²) in [5, 5.41) is 0.424. The van der Waals surface area contributed by atoms with Crippen LogP contribution in [0.1, 0.15) is 105 Å². The maximum absolute atomic E-state index is 13.0. The fourth-order valence-electron chi connectivity index (χ4n) is 4.94. The molecule has 2 rings (SSSR count). The summed E-state index contributed by atoms with van der Waals surface area (Å²) in [5.41, 5.74) is -0.0440. The van der Waals surface area contributed by atoms with Crippen LogP contribution in [0.5, 0.6) is 0 Å². The summed E-state index contributed by atoms with van der Waals surface area (Å²) in [6, 6.07) is 0. The van der Waals surface area contributed by atoms with E-state index in [0.717, 1.165) is 83.0 Å². The van der Waals surface area contributed by atoms with Gasteiger partial charge in [-0.2, -0.15) is 11.8 Å². The predicted molar refractivity (Wildman–Crippen MR) is 148 cm³/mol. The van der Waals surface area contributed by atoms with E-state index < -0.39 is 0 Å². The van der Waals surface area contributed by atoms with Crippen LogP contribution in [0, 0.1) is 11.3 Å². The molecule has 2 heterocycles. The summed E-state index contributed by atoms with van der Waals surface area (Å²) in [5.74, 6) is 1.29. The highest BCUT2D eigenvalue weighted by Gasteiger charge is 2.38. The van der Waals surface area contributed by atoms with Gasteiger partial charge in [-0.15, -0.1) is 0 Å². The summed E-state index contributed by atoms with van der Waals surface area (Å²) in [7, 11) is 0. The summed E-state index contributed by atoms with van der Waals surface area (Å²) in [6.07, 6.45) is 17.9. The predicted octanol–water partition coefficient (Wildman–Crippen LogP) is 7.03. The van der Waals surface area contributed by atoms with Crippen LogP contribution in [0.3, 0.4) is 0 Å². The molecule has 2 fully saturated rings. The fraction of sp³-hybridized carbons (Fsp3) is 0.767. The molecular formula is C30H48O5S. The molecule has 0 saturated carbocycles. The van der Waals surface area contributed by atoms with Crippen molar-refractivity contribution in [1.82, 2.24) is 0 Å².